The highest BCUT2D eigenvalue weighted by Crippen LogP contribution is 2.38. The molecule has 0 bridgehead atoms. The molecular formula is C54H103N2O6P. The lowest BCUT2D eigenvalue weighted by Crippen LogP contribution is -2.45. The van der Waals surface area contributed by atoms with Crippen LogP contribution in [0.5, 0.6) is 0 Å². The lowest BCUT2D eigenvalue weighted by atomic mass is 10.0. The second-order valence-corrected chi connectivity index (χ2v) is 20.6. The molecule has 3 atom stereocenters. The van der Waals surface area contributed by atoms with E-state index in [0.29, 0.717) is 17.4 Å². The van der Waals surface area contributed by atoms with Crippen LogP contribution in [0.15, 0.2) is 48.6 Å². The Balaban J connectivity index is 4.33. The fraction of sp³-hybridized carbons (Fsp3) is 0.833. The summed E-state index contributed by atoms with van der Waals surface area (Å²) < 4.78 is 23.2. The molecule has 0 saturated carbocycles. The largest absolute Gasteiger partial charge is 0.756 e. The van der Waals surface area contributed by atoms with Crippen LogP contribution in [0.25, 0.3) is 0 Å². The maximum absolute atomic E-state index is 12.9. The van der Waals surface area contributed by atoms with Crippen molar-refractivity contribution in [3.63, 3.8) is 0 Å². The number of nitrogens with one attached hydrogen (secondary N) is 1. The van der Waals surface area contributed by atoms with Gasteiger partial charge in [-0.1, -0.05) is 210 Å². The van der Waals surface area contributed by atoms with E-state index in [0.717, 1.165) is 64.2 Å². The number of carbonyl (C=O) groups excluding carboxylic acids is 1. The van der Waals surface area contributed by atoms with Crippen LogP contribution in [0.3, 0.4) is 0 Å². The standard InChI is InChI=1S/C54H103N2O6P/c1-6-8-10-12-14-16-18-20-22-23-24-25-26-27-28-29-30-31-32-34-35-37-39-41-43-45-47-53(57)52(51-62-63(59,60)61-50-49-56(3,4)5)55-54(58)48-46-44-42-40-38-36-33-21-19-17-15-13-11-9-7-2/h21,31-33,37,39,45,47,52-53,57H,6-20,22-30,34-36,38,40-44,46,48-51H2,1-5H3,(H-,55,58,59,60)/b32-31+,33-21-,39-37+,47-45+. The summed E-state index contributed by atoms with van der Waals surface area (Å²) in [7, 11) is 1.23. The Bertz CT molecular complexity index is 1170. The number of phosphoric ester groups is 1. The number of hydrogen-bond donors (Lipinski definition) is 2. The van der Waals surface area contributed by atoms with Gasteiger partial charge in [-0.3, -0.25) is 9.36 Å². The predicted molar refractivity (Wildman–Crippen MR) is 270 cm³/mol. The number of quaternary nitrogens is 1. The van der Waals surface area contributed by atoms with E-state index in [2.05, 4.69) is 55.6 Å². The first-order chi connectivity index (χ1) is 30.5. The van der Waals surface area contributed by atoms with Gasteiger partial charge >= 0.3 is 0 Å². The van der Waals surface area contributed by atoms with E-state index in [9.17, 15) is 19.4 Å². The highest BCUT2D eigenvalue weighted by Gasteiger charge is 2.23. The molecule has 0 aromatic carbocycles. The maximum Gasteiger partial charge on any atom is 0.268 e. The fourth-order valence-electron chi connectivity index (χ4n) is 7.53. The minimum absolute atomic E-state index is 0.0113. The van der Waals surface area contributed by atoms with Gasteiger partial charge in [0.15, 0.2) is 0 Å². The number of aliphatic hydroxyl groups is 1. The third kappa shape index (κ3) is 48.2. The van der Waals surface area contributed by atoms with E-state index >= 15 is 0 Å². The van der Waals surface area contributed by atoms with Crippen LogP contribution in [-0.4, -0.2) is 68.5 Å². The molecule has 1 amide bonds. The molecule has 0 fully saturated rings. The van der Waals surface area contributed by atoms with Crippen LogP contribution in [0.4, 0.5) is 0 Å². The van der Waals surface area contributed by atoms with Gasteiger partial charge in [-0.2, -0.15) is 0 Å². The molecule has 3 unspecified atom stereocenters. The maximum atomic E-state index is 12.9. The topological polar surface area (TPSA) is 108 Å². The van der Waals surface area contributed by atoms with Crippen molar-refractivity contribution in [1.29, 1.82) is 0 Å². The lowest BCUT2D eigenvalue weighted by Gasteiger charge is -2.29. The molecule has 0 rings (SSSR count). The summed E-state index contributed by atoms with van der Waals surface area (Å²) in [6.45, 7) is 4.62. The summed E-state index contributed by atoms with van der Waals surface area (Å²) in [4.78, 5) is 25.4. The van der Waals surface area contributed by atoms with Crippen LogP contribution in [-0.2, 0) is 18.4 Å². The molecule has 8 nitrogen and oxygen atoms in total. The number of amides is 1. The smallest absolute Gasteiger partial charge is 0.268 e. The van der Waals surface area contributed by atoms with Crippen molar-refractivity contribution in [2.45, 2.75) is 251 Å². The van der Waals surface area contributed by atoms with Gasteiger partial charge in [0, 0.05) is 6.42 Å². The fourth-order valence-corrected chi connectivity index (χ4v) is 8.26. The van der Waals surface area contributed by atoms with Gasteiger partial charge in [0.2, 0.25) is 5.91 Å². The summed E-state index contributed by atoms with van der Waals surface area (Å²) in [5, 5.41) is 13.8. The first-order valence-electron chi connectivity index (χ1n) is 26.5. The van der Waals surface area contributed by atoms with Crippen molar-refractivity contribution < 1.29 is 32.9 Å². The number of hydrogen-bond acceptors (Lipinski definition) is 6. The van der Waals surface area contributed by atoms with Gasteiger partial charge in [0.1, 0.15) is 13.2 Å². The molecule has 63 heavy (non-hydrogen) atoms. The van der Waals surface area contributed by atoms with Gasteiger partial charge in [0.25, 0.3) is 7.82 Å². The summed E-state index contributed by atoms with van der Waals surface area (Å²) >= 11 is 0. The molecule has 0 aliphatic heterocycles. The summed E-state index contributed by atoms with van der Waals surface area (Å²) in [6, 6.07) is -0.914. The van der Waals surface area contributed by atoms with E-state index in [1.807, 2.05) is 27.2 Å². The summed E-state index contributed by atoms with van der Waals surface area (Å²) in [5.74, 6) is -0.220. The number of carbonyl (C=O) groups is 1. The Morgan fingerprint density at radius 2 is 0.889 bits per heavy atom. The average Bonchev–Trinajstić information content (AvgIpc) is 3.24. The quantitative estimate of drug-likeness (QED) is 0.0272. The lowest BCUT2D eigenvalue weighted by molar-refractivity contribution is -0.870. The monoisotopic (exact) mass is 907 g/mol. The zero-order valence-corrected chi connectivity index (χ0v) is 42.9. The summed E-state index contributed by atoms with van der Waals surface area (Å²) in [6.07, 6.45) is 59.0. The van der Waals surface area contributed by atoms with E-state index in [1.165, 1.54) is 154 Å². The first-order valence-corrected chi connectivity index (χ1v) is 28.0. The van der Waals surface area contributed by atoms with Gasteiger partial charge in [-0.05, 0) is 70.6 Å². The molecule has 0 saturated heterocycles. The van der Waals surface area contributed by atoms with E-state index in [4.69, 9.17) is 9.05 Å². The average molecular weight is 907 g/mol. The number of rotatable bonds is 48. The second kappa shape index (κ2) is 45.6. The third-order valence-electron chi connectivity index (χ3n) is 11.7. The van der Waals surface area contributed by atoms with Crippen molar-refractivity contribution >= 4 is 13.7 Å². The predicted octanol–water partition coefficient (Wildman–Crippen LogP) is 15.0. The number of likely N-dealkylation sites (N-methyl/N-ethyl adjacent to an activating group) is 1. The Morgan fingerprint density at radius 3 is 1.29 bits per heavy atom. The van der Waals surface area contributed by atoms with Crippen molar-refractivity contribution in [1.82, 2.24) is 5.32 Å². The van der Waals surface area contributed by atoms with E-state index < -0.39 is 26.6 Å². The summed E-state index contributed by atoms with van der Waals surface area (Å²) in [5.41, 5.74) is 0. The Kier molecular flexibility index (Phi) is 44.5. The van der Waals surface area contributed by atoms with Crippen LogP contribution in [0.2, 0.25) is 0 Å². The number of allylic oxidation sites excluding steroid dienone is 7. The first kappa shape index (κ1) is 61.5. The Morgan fingerprint density at radius 1 is 0.540 bits per heavy atom. The molecule has 0 aliphatic carbocycles. The minimum atomic E-state index is -4.61. The molecule has 0 heterocycles. The number of phosphoric acid groups is 1. The van der Waals surface area contributed by atoms with Gasteiger partial charge in [0.05, 0.1) is 39.9 Å². The van der Waals surface area contributed by atoms with Gasteiger partial charge in [-0.15, -0.1) is 0 Å². The Hall–Kier alpha value is -1.54. The van der Waals surface area contributed by atoms with Crippen LogP contribution in [0.1, 0.15) is 239 Å². The van der Waals surface area contributed by atoms with Crippen molar-refractivity contribution in [2.75, 3.05) is 40.9 Å². The molecule has 0 aliphatic rings. The SMILES string of the molecule is CCCCCCCC/C=C\CCCCCCCC(=O)NC(COP(=O)([O-])OCC[N+](C)(C)C)C(O)/C=C/CC/C=C/CC/C=C/CCCCCCCCCCCCCCCCCC. The zero-order chi connectivity index (χ0) is 46.4. The second-order valence-electron chi connectivity index (χ2n) is 19.2. The molecular weight excluding hydrogens is 804 g/mol. The molecule has 370 valence electrons. The number of unbranched alkanes of at least 4 members (excludes halogenated alkanes) is 29. The Labute approximate surface area is 390 Å². The molecule has 0 aromatic heterocycles. The number of aliphatic hydroxyl groups excluding tert-OH is 1. The van der Waals surface area contributed by atoms with Crippen LogP contribution in [0, 0.1) is 0 Å². The molecule has 9 heteroatoms. The van der Waals surface area contributed by atoms with Crippen LogP contribution >= 0.6 is 7.82 Å². The van der Waals surface area contributed by atoms with Crippen LogP contribution < -0.4 is 10.2 Å². The highest BCUT2D eigenvalue weighted by atomic mass is 31.2. The highest BCUT2D eigenvalue weighted by molar-refractivity contribution is 7.45. The zero-order valence-electron chi connectivity index (χ0n) is 42.0. The number of nitrogens with zero attached hydrogens (tertiary/aromatic N) is 1. The third-order valence-corrected chi connectivity index (χ3v) is 12.7. The van der Waals surface area contributed by atoms with E-state index in [-0.39, 0.29) is 12.5 Å². The van der Waals surface area contributed by atoms with Crippen molar-refractivity contribution in [2.24, 2.45) is 0 Å². The molecule has 0 spiro atoms. The molecule has 0 radical (unpaired) electrons. The normalized spacial score (nSPS) is 14.5. The van der Waals surface area contributed by atoms with E-state index in [1.54, 1.807) is 6.08 Å². The molecule has 0 aromatic rings. The van der Waals surface area contributed by atoms with Crippen molar-refractivity contribution in [3.05, 3.63) is 48.6 Å². The van der Waals surface area contributed by atoms with Gasteiger partial charge < -0.3 is 28.8 Å². The van der Waals surface area contributed by atoms with Gasteiger partial charge in [-0.25, -0.2) is 0 Å². The molecule has 2 N–H and O–H groups in total. The van der Waals surface area contributed by atoms with Crippen molar-refractivity contribution in [3.8, 4) is 0 Å². The minimum Gasteiger partial charge on any atom is -0.756 e.